The number of nitrogens with one attached hydrogen (secondary N) is 1. The second-order valence-electron chi connectivity index (χ2n) is 7.97. The van der Waals surface area contributed by atoms with Gasteiger partial charge in [0.05, 0.1) is 34.5 Å². The Bertz CT molecular complexity index is 1060. The Morgan fingerprint density at radius 3 is 3.03 bits per heavy atom. The molecule has 1 fully saturated rings. The molecule has 0 amide bonds. The van der Waals surface area contributed by atoms with E-state index in [0.717, 1.165) is 11.4 Å². The van der Waals surface area contributed by atoms with Gasteiger partial charge in [-0.15, -0.1) is 16.4 Å². The van der Waals surface area contributed by atoms with Crippen molar-refractivity contribution in [2.24, 2.45) is 0 Å². The Hall–Kier alpha value is -1.94. The molecule has 0 aliphatic carbocycles. The number of halogens is 3. The molecule has 5 heterocycles. The zero-order valence-corrected chi connectivity index (χ0v) is 17.8. The van der Waals surface area contributed by atoms with E-state index in [2.05, 4.69) is 20.6 Å². The summed E-state index contributed by atoms with van der Waals surface area (Å²) in [5, 5.41) is 12.1. The van der Waals surface area contributed by atoms with E-state index >= 15 is 0 Å². The van der Waals surface area contributed by atoms with Gasteiger partial charge >= 0.3 is 0 Å². The average molecular weight is 452 g/mol. The molecule has 0 unspecified atom stereocenters. The number of fused-ring (bicyclic) bond motifs is 2. The normalized spacial score (nSPS) is 27.9. The van der Waals surface area contributed by atoms with Crippen molar-refractivity contribution in [2.75, 3.05) is 6.61 Å². The summed E-state index contributed by atoms with van der Waals surface area (Å²) >= 11 is 7.32. The number of pyridine rings is 1. The van der Waals surface area contributed by atoms with Crippen molar-refractivity contribution >= 4 is 22.9 Å². The molecule has 2 aliphatic heterocycles. The second-order valence-corrected chi connectivity index (χ2v) is 9.65. The highest BCUT2D eigenvalue weighted by Gasteiger charge is 2.53. The summed E-state index contributed by atoms with van der Waals surface area (Å²) in [6, 6.07) is 6.97. The maximum Gasteiger partial charge on any atom is 0.297 e. The van der Waals surface area contributed by atoms with Gasteiger partial charge in [0.1, 0.15) is 12.2 Å². The first kappa shape index (κ1) is 20.0. The molecule has 0 saturated carbocycles. The summed E-state index contributed by atoms with van der Waals surface area (Å²) in [7, 11) is 0. The molecule has 2 aliphatic rings. The first-order valence-electron chi connectivity index (χ1n) is 9.73. The topological polar surface area (TPSA) is 64.9 Å². The van der Waals surface area contributed by atoms with Gasteiger partial charge in [0.15, 0.2) is 0 Å². The van der Waals surface area contributed by atoms with Crippen LogP contribution in [0.5, 0.6) is 0 Å². The molecule has 3 aromatic heterocycles. The molecule has 1 N–H and O–H groups in total. The van der Waals surface area contributed by atoms with Crippen LogP contribution in [0.3, 0.4) is 0 Å². The van der Waals surface area contributed by atoms with Crippen molar-refractivity contribution in [1.82, 2.24) is 25.3 Å². The number of alkyl halides is 2. The van der Waals surface area contributed by atoms with E-state index < -0.39 is 18.1 Å². The molecule has 0 bridgehead atoms. The Morgan fingerprint density at radius 1 is 1.37 bits per heavy atom. The molecule has 10 heteroatoms. The number of aromatic nitrogens is 4. The molecular formula is C20H20ClF2N5OS. The predicted octanol–water partition coefficient (Wildman–Crippen LogP) is 4.27. The van der Waals surface area contributed by atoms with Crippen LogP contribution in [0.4, 0.5) is 8.78 Å². The van der Waals surface area contributed by atoms with Crippen molar-refractivity contribution in [3.05, 3.63) is 62.8 Å². The number of piperidine rings is 1. The third-order valence-electron chi connectivity index (χ3n) is 5.66. The highest BCUT2D eigenvalue weighted by atomic mass is 35.5. The lowest BCUT2D eigenvalue weighted by atomic mass is 9.78. The van der Waals surface area contributed by atoms with Crippen LogP contribution in [0.25, 0.3) is 0 Å². The van der Waals surface area contributed by atoms with Gasteiger partial charge in [0.2, 0.25) is 0 Å². The third kappa shape index (κ3) is 3.53. The number of rotatable bonds is 3. The van der Waals surface area contributed by atoms with E-state index in [1.54, 1.807) is 10.9 Å². The lowest BCUT2D eigenvalue weighted by molar-refractivity contribution is -0.183. The van der Waals surface area contributed by atoms with E-state index in [1.165, 1.54) is 17.4 Å². The first-order valence-corrected chi connectivity index (χ1v) is 10.9. The highest BCUT2D eigenvalue weighted by Crippen LogP contribution is 2.54. The monoisotopic (exact) mass is 451 g/mol. The number of hydrogen-bond donors (Lipinski definition) is 1. The molecule has 5 rings (SSSR count). The summed E-state index contributed by atoms with van der Waals surface area (Å²) in [5.74, 6) is -3.03. The van der Waals surface area contributed by atoms with Gasteiger partial charge in [0.25, 0.3) is 5.92 Å². The summed E-state index contributed by atoms with van der Waals surface area (Å²) in [6.07, 6.45) is 4.68. The van der Waals surface area contributed by atoms with Crippen LogP contribution in [-0.2, 0) is 22.8 Å². The van der Waals surface area contributed by atoms with Crippen LogP contribution in [0, 0.1) is 0 Å². The zero-order chi connectivity index (χ0) is 20.9. The van der Waals surface area contributed by atoms with Crippen molar-refractivity contribution < 1.29 is 13.5 Å². The summed E-state index contributed by atoms with van der Waals surface area (Å²) < 4.78 is 36.9. The first-order chi connectivity index (χ1) is 14.3. The van der Waals surface area contributed by atoms with Gasteiger partial charge in [-0.05, 0) is 31.5 Å². The second kappa shape index (κ2) is 7.33. The van der Waals surface area contributed by atoms with E-state index in [1.807, 2.05) is 31.3 Å². The van der Waals surface area contributed by atoms with Crippen LogP contribution in [-0.4, -0.2) is 32.6 Å². The molecule has 30 heavy (non-hydrogen) atoms. The highest BCUT2D eigenvalue weighted by molar-refractivity contribution is 7.16. The fourth-order valence-electron chi connectivity index (χ4n) is 4.41. The maximum absolute atomic E-state index is 14.5. The summed E-state index contributed by atoms with van der Waals surface area (Å²) in [4.78, 5) is 4.84. The molecule has 158 valence electrons. The molecular weight excluding hydrogens is 432 g/mol. The molecule has 1 spiro atoms. The van der Waals surface area contributed by atoms with E-state index in [9.17, 15) is 8.78 Å². The van der Waals surface area contributed by atoms with Crippen molar-refractivity contribution in [1.29, 1.82) is 0 Å². The van der Waals surface area contributed by atoms with Crippen LogP contribution in [0.15, 0.2) is 36.7 Å². The maximum atomic E-state index is 14.5. The minimum absolute atomic E-state index is 0.00425. The lowest BCUT2D eigenvalue weighted by Gasteiger charge is -2.47. The van der Waals surface area contributed by atoms with Crippen molar-refractivity contribution in [2.45, 2.75) is 49.9 Å². The quantitative estimate of drug-likeness (QED) is 0.644. The zero-order valence-electron chi connectivity index (χ0n) is 16.2. The Morgan fingerprint density at radius 2 is 2.23 bits per heavy atom. The number of ether oxygens (including phenoxy) is 1. The Kier molecular flexibility index (Phi) is 4.89. The van der Waals surface area contributed by atoms with Crippen molar-refractivity contribution in [3.8, 4) is 0 Å². The van der Waals surface area contributed by atoms with Gasteiger partial charge in [-0.25, -0.2) is 4.68 Å². The van der Waals surface area contributed by atoms with Gasteiger partial charge in [-0.3, -0.25) is 4.98 Å². The lowest BCUT2D eigenvalue weighted by Crippen LogP contribution is -2.51. The smallest absolute Gasteiger partial charge is 0.297 e. The predicted molar refractivity (Wildman–Crippen MR) is 109 cm³/mol. The van der Waals surface area contributed by atoms with Crippen LogP contribution < -0.4 is 5.32 Å². The SMILES string of the molecule is C[C@H]1C[C@@]2(C[C@@H](c3cn(Cc4ccccn4)nn3)N1)OCC(F)(F)c1cc(Cl)sc12. The third-order valence-corrected chi connectivity index (χ3v) is 7.11. The van der Waals surface area contributed by atoms with E-state index in [0.29, 0.717) is 28.6 Å². The van der Waals surface area contributed by atoms with Crippen LogP contribution in [0.1, 0.15) is 47.6 Å². The standard InChI is InChI=1S/C20H20ClF2N5OS/c1-12-7-19(18-14(6-17(21)30-18)20(22,23)11-29-19)8-15(25-12)16-10-28(27-26-16)9-13-4-2-3-5-24-13/h2-6,10,12,15,25H,7-9,11H2,1H3/t12-,15-,19-/m0/s1. The van der Waals surface area contributed by atoms with Gasteiger partial charge < -0.3 is 10.1 Å². The summed E-state index contributed by atoms with van der Waals surface area (Å²) in [6.45, 7) is 1.89. The van der Waals surface area contributed by atoms with Gasteiger partial charge in [-0.2, -0.15) is 8.78 Å². The fourth-order valence-corrected chi connectivity index (χ4v) is 5.86. The Labute approximate surface area is 181 Å². The largest absolute Gasteiger partial charge is 0.363 e. The number of hydrogen-bond acceptors (Lipinski definition) is 6. The van der Waals surface area contributed by atoms with Crippen LogP contribution in [0.2, 0.25) is 4.34 Å². The molecule has 6 nitrogen and oxygen atoms in total. The van der Waals surface area contributed by atoms with Crippen LogP contribution >= 0.6 is 22.9 Å². The summed E-state index contributed by atoms with van der Waals surface area (Å²) in [5.41, 5.74) is 0.818. The molecule has 0 radical (unpaired) electrons. The van der Waals surface area contributed by atoms with E-state index in [4.69, 9.17) is 16.3 Å². The average Bonchev–Trinajstić information content (AvgIpc) is 3.34. The van der Waals surface area contributed by atoms with E-state index in [-0.39, 0.29) is 17.6 Å². The van der Waals surface area contributed by atoms with Gasteiger partial charge in [0, 0.05) is 29.1 Å². The molecule has 3 aromatic rings. The van der Waals surface area contributed by atoms with Crippen molar-refractivity contribution in [3.63, 3.8) is 0 Å². The molecule has 3 atom stereocenters. The number of thiophene rings is 1. The minimum atomic E-state index is -3.03. The van der Waals surface area contributed by atoms with Gasteiger partial charge in [-0.1, -0.05) is 22.9 Å². The fraction of sp³-hybridized carbons (Fsp3) is 0.450. The molecule has 1 saturated heterocycles. The Balaban J connectivity index is 1.44. The number of nitrogens with zero attached hydrogens (tertiary/aromatic N) is 4. The molecule has 0 aromatic carbocycles. The minimum Gasteiger partial charge on any atom is -0.363 e.